The molecule has 1 saturated carbocycles. The molecule has 4 nitrogen and oxygen atoms in total. The highest BCUT2D eigenvalue weighted by atomic mass is 16.5. The predicted molar refractivity (Wildman–Crippen MR) is 65.5 cm³/mol. The molecule has 0 aliphatic heterocycles. The number of rotatable bonds is 3. The highest BCUT2D eigenvalue weighted by Gasteiger charge is 2.23. The number of aromatic nitrogens is 2. The summed E-state index contributed by atoms with van der Waals surface area (Å²) in [7, 11) is 0. The van der Waals surface area contributed by atoms with Crippen LogP contribution in [0.25, 0.3) is 11.1 Å². The normalized spacial score (nSPS) is 14.6. The van der Waals surface area contributed by atoms with E-state index < -0.39 is 0 Å². The Balaban J connectivity index is 1.88. The zero-order valence-corrected chi connectivity index (χ0v) is 9.34. The molecule has 2 aromatic rings. The van der Waals surface area contributed by atoms with Gasteiger partial charge in [-0.1, -0.05) is 12.1 Å². The smallest absolute Gasteiger partial charge is 0.219 e. The molecule has 0 bridgehead atoms. The lowest BCUT2D eigenvalue weighted by Crippen LogP contribution is -1.96. The zero-order chi connectivity index (χ0) is 11.7. The van der Waals surface area contributed by atoms with Gasteiger partial charge in [-0.15, -0.1) is 0 Å². The number of ether oxygens (including phenoxy) is 1. The number of nitrogen functional groups attached to an aromatic ring is 1. The summed E-state index contributed by atoms with van der Waals surface area (Å²) in [6.07, 6.45) is 6.18. The van der Waals surface area contributed by atoms with Crippen molar-refractivity contribution < 1.29 is 4.74 Å². The minimum absolute atomic E-state index is 0.291. The van der Waals surface area contributed by atoms with Crippen LogP contribution in [0.4, 0.5) is 5.95 Å². The van der Waals surface area contributed by atoms with E-state index in [4.69, 9.17) is 10.5 Å². The van der Waals surface area contributed by atoms with Gasteiger partial charge in [0.25, 0.3) is 0 Å². The van der Waals surface area contributed by atoms with Gasteiger partial charge in [0.15, 0.2) is 0 Å². The minimum atomic E-state index is 0.291. The molecule has 0 unspecified atom stereocenters. The van der Waals surface area contributed by atoms with Gasteiger partial charge in [0.05, 0.1) is 6.10 Å². The molecule has 0 saturated heterocycles. The van der Waals surface area contributed by atoms with Crippen LogP contribution in [0.5, 0.6) is 5.75 Å². The predicted octanol–water partition coefficient (Wildman–Crippen LogP) is 2.27. The summed E-state index contributed by atoms with van der Waals surface area (Å²) in [5.74, 6) is 1.20. The Morgan fingerprint density at radius 2 is 1.88 bits per heavy atom. The summed E-state index contributed by atoms with van der Waals surface area (Å²) in [4.78, 5) is 7.97. The van der Waals surface area contributed by atoms with Crippen LogP contribution < -0.4 is 10.5 Å². The van der Waals surface area contributed by atoms with Crippen molar-refractivity contribution in [3.63, 3.8) is 0 Å². The van der Waals surface area contributed by atoms with E-state index in [0.717, 1.165) is 29.7 Å². The van der Waals surface area contributed by atoms with Crippen molar-refractivity contribution in [1.29, 1.82) is 0 Å². The average Bonchev–Trinajstić information content (AvgIpc) is 3.14. The van der Waals surface area contributed by atoms with E-state index in [2.05, 4.69) is 9.97 Å². The molecule has 1 fully saturated rings. The molecule has 1 heterocycles. The minimum Gasteiger partial charge on any atom is -0.490 e. The van der Waals surface area contributed by atoms with Crippen LogP contribution in [-0.2, 0) is 0 Å². The van der Waals surface area contributed by atoms with Crippen molar-refractivity contribution in [2.24, 2.45) is 0 Å². The first-order valence-corrected chi connectivity index (χ1v) is 5.66. The third-order valence-corrected chi connectivity index (χ3v) is 2.67. The van der Waals surface area contributed by atoms with E-state index in [1.54, 1.807) is 12.4 Å². The van der Waals surface area contributed by atoms with Gasteiger partial charge >= 0.3 is 0 Å². The van der Waals surface area contributed by atoms with Crippen LogP contribution >= 0.6 is 0 Å². The van der Waals surface area contributed by atoms with Gasteiger partial charge in [-0.3, -0.25) is 0 Å². The van der Waals surface area contributed by atoms with Crippen LogP contribution in [0.15, 0.2) is 36.7 Å². The number of nitrogens with two attached hydrogens (primary N) is 1. The molecular weight excluding hydrogens is 214 g/mol. The maximum absolute atomic E-state index is 5.75. The molecule has 0 radical (unpaired) electrons. The van der Waals surface area contributed by atoms with Crippen molar-refractivity contribution in [1.82, 2.24) is 9.97 Å². The van der Waals surface area contributed by atoms with Gasteiger partial charge < -0.3 is 10.5 Å². The molecule has 0 atom stereocenters. The van der Waals surface area contributed by atoms with Crippen LogP contribution in [0.2, 0.25) is 0 Å². The Morgan fingerprint density at radius 3 is 2.59 bits per heavy atom. The highest BCUT2D eigenvalue weighted by molar-refractivity contribution is 5.63. The quantitative estimate of drug-likeness (QED) is 0.873. The highest BCUT2D eigenvalue weighted by Crippen LogP contribution is 2.29. The largest absolute Gasteiger partial charge is 0.490 e. The molecule has 1 aliphatic rings. The van der Waals surface area contributed by atoms with E-state index in [9.17, 15) is 0 Å². The number of hydrogen-bond donors (Lipinski definition) is 1. The average molecular weight is 227 g/mol. The van der Waals surface area contributed by atoms with Crippen LogP contribution in [-0.4, -0.2) is 16.1 Å². The van der Waals surface area contributed by atoms with Crippen LogP contribution in [0.3, 0.4) is 0 Å². The molecule has 0 spiro atoms. The summed E-state index contributed by atoms with van der Waals surface area (Å²) in [5, 5.41) is 0. The lowest BCUT2D eigenvalue weighted by atomic mass is 10.1. The fourth-order valence-corrected chi connectivity index (χ4v) is 1.61. The fraction of sp³-hybridized carbons (Fsp3) is 0.231. The SMILES string of the molecule is Nc1ncc(-c2cccc(OC3CC3)c2)cn1. The second-order valence-electron chi connectivity index (χ2n) is 4.17. The number of anilines is 1. The Kier molecular flexibility index (Phi) is 2.40. The molecule has 1 aliphatic carbocycles. The summed E-state index contributed by atoms with van der Waals surface area (Å²) in [6.45, 7) is 0. The Morgan fingerprint density at radius 1 is 1.12 bits per heavy atom. The van der Waals surface area contributed by atoms with Crippen molar-refractivity contribution in [3.05, 3.63) is 36.7 Å². The van der Waals surface area contributed by atoms with Crippen molar-refractivity contribution in [2.45, 2.75) is 18.9 Å². The van der Waals surface area contributed by atoms with Crippen LogP contribution in [0, 0.1) is 0 Å². The van der Waals surface area contributed by atoms with Crippen molar-refractivity contribution in [3.8, 4) is 16.9 Å². The number of benzene rings is 1. The first kappa shape index (κ1) is 10.1. The van der Waals surface area contributed by atoms with Gasteiger partial charge in [-0.05, 0) is 30.5 Å². The third-order valence-electron chi connectivity index (χ3n) is 2.67. The lowest BCUT2D eigenvalue weighted by molar-refractivity contribution is 0.303. The molecule has 1 aromatic carbocycles. The Hall–Kier alpha value is -2.10. The van der Waals surface area contributed by atoms with Gasteiger partial charge in [0.1, 0.15) is 5.75 Å². The molecule has 4 heteroatoms. The molecule has 2 N–H and O–H groups in total. The molecule has 86 valence electrons. The number of nitrogens with zero attached hydrogens (tertiary/aromatic N) is 2. The monoisotopic (exact) mass is 227 g/mol. The first-order chi connectivity index (χ1) is 8.31. The first-order valence-electron chi connectivity index (χ1n) is 5.66. The summed E-state index contributed by atoms with van der Waals surface area (Å²) >= 11 is 0. The number of hydrogen-bond acceptors (Lipinski definition) is 4. The van der Waals surface area contributed by atoms with Gasteiger partial charge in [-0.25, -0.2) is 9.97 Å². The molecule has 3 rings (SSSR count). The summed E-state index contributed by atoms with van der Waals surface area (Å²) in [6, 6.07) is 7.96. The van der Waals surface area contributed by atoms with Gasteiger partial charge in [-0.2, -0.15) is 0 Å². The van der Waals surface area contributed by atoms with Crippen molar-refractivity contribution in [2.75, 3.05) is 5.73 Å². The van der Waals surface area contributed by atoms with E-state index >= 15 is 0 Å². The summed E-state index contributed by atoms with van der Waals surface area (Å²) in [5.41, 5.74) is 7.45. The third kappa shape index (κ3) is 2.36. The maximum Gasteiger partial charge on any atom is 0.219 e. The summed E-state index contributed by atoms with van der Waals surface area (Å²) < 4.78 is 5.75. The van der Waals surface area contributed by atoms with Gasteiger partial charge in [0.2, 0.25) is 5.95 Å². The van der Waals surface area contributed by atoms with Gasteiger partial charge in [0, 0.05) is 18.0 Å². The second-order valence-corrected chi connectivity index (χ2v) is 4.17. The van der Waals surface area contributed by atoms with E-state index in [1.165, 1.54) is 0 Å². The molecule has 0 amide bonds. The van der Waals surface area contributed by atoms with Crippen molar-refractivity contribution >= 4 is 5.95 Å². The van der Waals surface area contributed by atoms with E-state index in [0.29, 0.717) is 12.1 Å². The molecule has 17 heavy (non-hydrogen) atoms. The lowest BCUT2D eigenvalue weighted by Gasteiger charge is -2.06. The molecular formula is C13H13N3O. The Bertz CT molecular complexity index is 520. The topological polar surface area (TPSA) is 61.0 Å². The van der Waals surface area contributed by atoms with E-state index in [1.807, 2.05) is 24.3 Å². The zero-order valence-electron chi connectivity index (χ0n) is 9.34. The standard InChI is InChI=1S/C13H13N3O/c14-13-15-7-10(8-16-13)9-2-1-3-12(6-9)17-11-4-5-11/h1-3,6-8,11H,4-5H2,(H2,14,15,16). The van der Waals surface area contributed by atoms with Crippen LogP contribution in [0.1, 0.15) is 12.8 Å². The maximum atomic E-state index is 5.75. The fourth-order valence-electron chi connectivity index (χ4n) is 1.61. The Labute approximate surface area is 99.5 Å². The molecule has 1 aromatic heterocycles. The van der Waals surface area contributed by atoms with E-state index in [-0.39, 0.29) is 0 Å². The second kappa shape index (κ2) is 4.05.